The first-order valence-electron chi connectivity index (χ1n) is 6.39. The maximum Gasteiger partial charge on any atom is 0.157 e. The van der Waals surface area contributed by atoms with E-state index in [0.717, 1.165) is 16.5 Å². The van der Waals surface area contributed by atoms with Gasteiger partial charge in [-0.2, -0.15) is 0 Å². The minimum Gasteiger partial charge on any atom is -0.358 e. The van der Waals surface area contributed by atoms with Crippen LogP contribution in [0.3, 0.4) is 0 Å². The van der Waals surface area contributed by atoms with Gasteiger partial charge in [-0.25, -0.2) is 0 Å². The van der Waals surface area contributed by atoms with Gasteiger partial charge in [-0.05, 0) is 37.5 Å². The Labute approximate surface area is 129 Å². The molecule has 0 aliphatic carbocycles. The van der Waals surface area contributed by atoms with E-state index >= 15 is 0 Å². The maximum atomic E-state index is 6.22. The van der Waals surface area contributed by atoms with Gasteiger partial charge in [0, 0.05) is 15.8 Å². The molecule has 1 aromatic rings. The average Bonchev–Trinajstić information content (AvgIpc) is 2.33. The van der Waals surface area contributed by atoms with Crippen LogP contribution in [0, 0.1) is 5.92 Å². The van der Waals surface area contributed by atoms with Crippen molar-refractivity contribution >= 4 is 40.1 Å². The number of rotatable bonds is 2. The fraction of sp³-hybridized carbons (Fsp3) is 0.500. The first-order chi connectivity index (χ1) is 8.97. The second-order valence-corrected chi connectivity index (χ2v) is 6.85. The molecule has 0 saturated heterocycles. The Balaban J connectivity index is 2.09. The topological polar surface area (TPSA) is 24.4 Å². The molecule has 1 aliphatic rings. The number of benzene rings is 1. The van der Waals surface area contributed by atoms with Gasteiger partial charge >= 0.3 is 0 Å². The lowest BCUT2D eigenvalue weighted by Gasteiger charge is -2.26. The first kappa shape index (κ1) is 15.0. The highest BCUT2D eigenvalue weighted by Gasteiger charge is 2.21. The van der Waals surface area contributed by atoms with Crippen molar-refractivity contribution < 1.29 is 0 Å². The minimum atomic E-state index is 0.122. The number of thioether (sulfide) groups is 1. The fourth-order valence-electron chi connectivity index (χ4n) is 1.89. The second-order valence-electron chi connectivity index (χ2n) is 5.00. The van der Waals surface area contributed by atoms with Gasteiger partial charge in [-0.15, -0.1) is 0 Å². The largest absolute Gasteiger partial charge is 0.358 e. The molecule has 19 heavy (non-hydrogen) atoms. The summed E-state index contributed by atoms with van der Waals surface area (Å²) in [7, 11) is 0. The van der Waals surface area contributed by atoms with Crippen molar-refractivity contribution in [2.45, 2.75) is 32.9 Å². The monoisotopic (exact) mass is 316 g/mol. The van der Waals surface area contributed by atoms with Crippen LogP contribution < -0.4 is 5.32 Å². The molecule has 1 aromatic carbocycles. The van der Waals surface area contributed by atoms with Crippen LogP contribution >= 0.6 is 35.0 Å². The summed E-state index contributed by atoms with van der Waals surface area (Å²) in [5, 5.41) is 5.79. The minimum absolute atomic E-state index is 0.122. The van der Waals surface area contributed by atoms with Crippen LogP contribution in [0.1, 0.15) is 32.4 Å². The normalized spacial score (nSPS) is 24.8. The average molecular weight is 317 g/mol. The van der Waals surface area contributed by atoms with Crippen LogP contribution in [0.4, 0.5) is 0 Å². The van der Waals surface area contributed by atoms with Gasteiger partial charge in [0.25, 0.3) is 0 Å². The molecule has 0 bridgehead atoms. The third kappa shape index (κ3) is 3.80. The number of aliphatic imine (C=N–C) groups is 1. The predicted molar refractivity (Wildman–Crippen MR) is 86.5 cm³/mol. The van der Waals surface area contributed by atoms with Crippen LogP contribution in [0.2, 0.25) is 10.0 Å². The molecule has 0 fully saturated rings. The van der Waals surface area contributed by atoms with E-state index in [4.69, 9.17) is 23.2 Å². The Morgan fingerprint density at radius 2 is 2.11 bits per heavy atom. The summed E-state index contributed by atoms with van der Waals surface area (Å²) in [6.45, 7) is 6.48. The molecule has 0 radical (unpaired) electrons. The molecule has 3 unspecified atom stereocenters. The summed E-state index contributed by atoms with van der Waals surface area (Å²) in [4.78, 5) is 4.68. The highest BCUT2D eigenvalue weighted by Crippen LogP contribution is 2.28. The SMILES string of the molecule is CC(NC1=NC(C)C(C)CS1)c1ccc(Cl)cc1Cl. The van der Waals surface area contributed by atoms with Crippen molar-refractivity contribution in [1.82, 2.24) is 5.32 Å². The third-order valence-corrected chi connectivity index (χ3v) is 5.15. The molecule has 1 N–H and O–H groups in total. The molecule has 0 saturated carbocycles. The standard InChI is InChI=1S/C14H18Cl2N2S/c1-8-7-19-14(17-9(8)2)18-10(3)12-5-4-11(15)6-13(12)16/h4-6,8-10H,7H2,1-3H3,(H,17,18). The summed E-state index contributed by atoms with van der Waals surface area (Å²) in [5.41, 5.74) is 1.04. The van der Waals surface area contributed by atoms with Gasteiger partial charge in [0.1, 0.15) is 0 Å². The summed E-state index contributed by atoms with van der Waals surface area (Å²) in [6.07, 6.45) is 0. The second kappa shape index (κ2) is 6.38. The number of amidine groups is 1. The Kier molecular flexibility index (Phi) is 5.04. The van der Waals surface area contributed by atoms with E-state index in [9.17, 15) is 0 Å². The lowest BCUT2D eigenvalue weighted by atomic mass is 10.1. The van der Waals surface area contributed by atoms with Crippen LogP contribution in [0.15, 0.2) is 23.2 Å². The Bertz CT molecular complexity index is 490. The lowest BCUT2D eigenvalue weighted by molar-refractivity contribution is 0.532. The summed E-state index contributed by atoms with van der Waals surface area (Å²) < 4.78 is 0. The molecular formula is C14H18Cl2N2S. The molecule has 2 rings (SSSR count). The predicted octanol–water partition coefficient (Wildman–Crippen LogP) is 4.77. The molecule has 2 nitrogen and oxygen atoms in total. The van der Waals surface area contributed by atoms with E-state index in [-0.39, 0.29) is 6.04 Å². The Morgan fingerprint density at radius 1 is 1.37 bits per heavy atom. The summed E-state index contributed by atoms with van der Waals surface area (Å²) >= 11 is 13.9. The van der Waals surface area contributed by atoms with Gasteiger partial charge in [0.05, 0.1) is 12.1 Å². The molecule has 1 heterocycles. The molecule has 0 aromatic heterocycles. The van der Waals surface area contributed by atoms with Crippen molar-refractivity contribution in [2.75, 3.05) is 5.75 Å². The van der Waals surface area contributed by atoms with E-state index in [1.54, 1.807) is 17.8 Å². The first-order valence-corrected chi connectivity index (χ1v) is 8.13. The zero-order valence-electron chi connectivity index (χ0n) is 11.3. The lowest BCUT2D eigenvalue weighted by Crippen LogP contribution is -2.31. The van der Waals surface area contributed by atoms with Crippen molar-refractivity contribution in [3.8, 4) is 0 Å². The van der Waals surface area contributed by atoms with Crippen LogP contribution in [0.25, 0.3) is 0 Å². The van der Waals surface area contributed by atoms with E-state index < -0.39 is 0 Å². The summed E-state index contributed by atoms with van der Waals surface area (Å²) in [6, 6.07) is 6.09. The van der Waals surface area contributed by atoms with Crippen molar-refractivity contribution in [3.63, 3.8) is 0 Å². The van der Waals surface area contributed by atoms with Gasteiger partial charge in [-0.1, -0.05) is 48.0 Å². The molecule has 1 aliphatic heterocycles. The highest BCUT2D eigenvalue weighted by molar-refractivity contribution is 8.13. The smallest absolute Gasteiger partial charge is 0.157 e. The molecule has 0 spiro atoms. The van der Waals surface area contributed by atoms with Gasteiger partial charge in [0.15, 0.2) is 5.17 Å². The fourth-order valence-corrected chi connectivity index (χ4v) is 3.67. The number of nitrogens with one attached hydrogen (secondary N) is 1. The zero-order valence-corrected chi connectivity index (χ0v) is 13.6. The van der Waals surface area contributed by atoms with Crippen molar-refractivity contribution in [3.05, 3.63) is 33.8 Å². The number of halogens is 2. The Morgan fingerprint density at radius 3 is 2.74 bits per heavy atom. The van der Waals surface area contributed by atoms with Gasteiger partial charge < -0.3 is 5.32 Å². The summed E-state index contributed by atoms with van der Waals surface area (Å²) in [5.74, 6) is 1.73. The molecule has 3 atom stereocenters. The molecule has 5 heteroatoms. The number of hydrogen-bond donors (Lipinski definition) is 1. The number of hydrogen-bond acceptors (Lipinski definition) is 3. The van der Waals surface area contributed by atoms with E-state index in [1.807, 2.05) is 12.1 Å². The zero-order chi connectivity index (χ0) is 14.0. The van der Waals surface area contributed by atoms with Gasteiger partial charge in [-0.3, -0.25) is 4.99 Å². The van der Waals surface area contributed by atoms with E-state index in [1.165, 1.54) is 0 Å². The van der Waals surface area contributed by atoms with Crippen molar-refractivity contribution in [2.24, 2.45) is 10.9 Å². The third-order valence-electron chi connectivity index (χ3n) is 3.40. The van der Waals surface area contributed by atoms with Crippen LogP contribution in [0.5, 0.6) is 0 Å². The van der Waals surface area contributed by atoms with Crippen molar-refractivity contribution in [1.29, 1.82) is 0 Å². The maximum absolute atomic E-state index is 6.22. The van der Waals surface area contributed by atoms with Gasteiger partial charge in [0.2, 0.25) is 0 Å². The van der Waals surface area contributed by atoms with E-state index in [2.05, 4.69) is 31.1 Å². The van der Waals surface area contributed by atoms with Crippen LogP contribution in [-0.2, 0) is 0 Å². The Hall–Kier alpha value is -0.380. The number of nitrogens with zero attached hydrogens (tertiary/aromatic N) is 1. The van der Waals surface area contributed by atoms with Crippen LogP contribution in [-0.4, -0.2) is 17.0 Å². The quantitative estimate of drug-likeness (QED) is 0.849. The molecular weight excluding hydrogens is 299 g/mol. The molecule has 104 valence electrons. The van der Waals surface area contributed by atoms with E-state index in [0.29, 0.717) is 22.0 Å². The highest BCUT2D eigenvalue weighted by atomic mass is 35.5. The molecule has 0 amide bonds.